The first kappa shape index (κ1) is 21.3. The van der Waals surface area contributed by atoms with Crippen molar-refractivity contribution in [2.24, 2.45) is 0 Å². The second-order valence-corrected chi connectivity index (χ2v) is 8.74. The molecule has 3 heterocycles. The number of hydrogen-bond acceptors (Lipinski definition) is 4. The van der Waals surface area contributed by atoms with E-state index < -0.39 is 11.5 Å². The Labute approximate surface area is 189 Å². The number of fused-ring (bicyclic) bond motifs is 4. The summed E-state index contributed by atoms with van der Waals surface area (Å²) in [5.41, 5.74) is 2.73. The molecule has 2 aliphatic heterocycles. The van der Waals surface area contributed by atoms with Gasteiger partial charge in [0.25, 0.3) is 0 Å². The number of carbonyl (C=O) groups excluding carboxylic acids is 2. The first-order valence-electron chi connectivity index (χ1n) is 10.7. The van der Waals surface area contributed by atoms with Crippen LogP contribution in [0.4, 0.5) is 14.9 Å². The molecule has 172 valence electrons. The first-order chi connectivity index (χ1) is 15.8. The van der Waals surface area contributed by atoms with Crippen LogP contribution < -0.4 is 10.1 Å². The number of halogens is 1. The van der Waals surface area contributed by atoms with Gasteiger partial charge in [0.1, 0.15) is 11.6 Å². The summed E-state index contributed by atoms with van der Waals surface area (Å²) in [6.45, 7) is 2.51. The van der Waals surface area contributed by atoms with Crippen LogP contribution in [0.5, 0.6) is 5.75 Å². The zero-order valence-electron chi connectivity index (χ0n) is 18.4. The molecule has 0 bridgehead atoms. The molecule has 1 spiro atoms. The number of aliphatic hydroxyl groups excluding tert-OH is 1. The van der Waals surface area contributed by atoms with E-state index in [4.69, 9.17) is 4.74 Å². The van der Waals surface area contributed by atoms with E-state index in [9.17, 15) is 19.1 Å². The van der Waals surface area contributed by atoms with Crippen LogP contribution in [0.25, 0.3) is 10.9 Å². The predicted octanol–water partition coefficient (Wildman–Crippen LogP) is 3.00. The number of H-pyrrole nitrogens is 1. The molecule has 2 aliphatic rings. The number of aromatic amines is 1. The second-order valence-electron chi connectivity index (χ2n) is 8.74. The zero-order valence-corrected chi connectivity index (χ0v) is 18.4. The molecule has 9 heteroatoms. The standard InChI is InChI=1S/C24H25FN4O4/c1-14(31)29-13-24(11-28(12-24)23(32)26-16-5-3-15(25)4-6-16)21-18-8-7-17(33-2)9-19(18)27-22(21)20(29)10-30/h3-9,20,27,30H,10-13H2,1-2H3,(H,26,32)/t20-/m1/s1. The number of aliphatic hydroxyl groups is 1. The van der Waals surface area contributed by atoms with E-state index in [2.05, 4.69) is 10.3 Å². The van der Waals surface area contributed by atoms with Gasteiger partial charge in [0, 0.05) is 54.9 Å². The summed E-state index contributed by atoms with van der Waals surface area (Å²) in [7, 11) is 1.60. The van der Waals surface area contributed by atoms with Crippen molar-refractivity contribution in [2.75, 3.05) is 38.7 Å². The van der Waals surface area contributed by atoms with Crippen molar-refractivity contribution in [1.82, 2.24) is 14.8 Å². The summed E-state index contributed by atoms with van der Waals surface area (Å²) in [5, 5.41) is 13.9. The number of nitrogens with zero attached hydrogens (tertiary/aromatic N) is 2. The molecule has 1 atom stereocenters. The number of carbonyl (C=O) groups is 2. The highest BCUT2D eigenvalue weighted by atomic mass is 19.1. The number of aromatic nitrogens is 1. The van der Waals surface area contributed by atoms with E-state index in [-0.39, 0.29) is 24.4 Å². The van der Waals surface area contributed by atoms with Crippen LogP contribution >= 0.6 is 0 Å². The minimum Gasteiger partial charge on any atom is -0.497 e. The van der Waals surface area contributed by atoms with Gasteiger partial charge in [-0.05, 0) is 42.0 Å². The van der Waals surface area contributed by atoms with Gasteiger partial charge < -0.3 is 29.9 Å². The van der Waals surface area contributed by atoms with Gasteiger partial charge in [-0.25, -0.2) is 9.18 Å². The maximum absolute atomic E-state index is 13.2. The predicted molar refractivity (Wildman–Crippen MR) is 121 cm³/mol. The maximum Gasteiger partial charge on any atom is 0.321 e. The Bertz CT molecular complexity index is 1230. The van der Waals surface area contributed by atoms with E-state index >= 15 is 0 Å². The minimum atomic E-state index is -0.483. The van der Waals surface area contributed by atoms with Gasteiger partial charge in [-0.15, -0.1) is 0 Å². The van der Waals surface area contributed by atoms with E-state index in [1.165, 1.54) is 31.2 Å². The van der Waals surface area contributed by atoms with Crippen molar-refractivity contribution in [3.8, 4) is 5.75 Å². The quantitative estimate of drug-likeness (QED) is 0.569. The summed E-state index contributed by atoms with van der Waals surface area (Å²) >= 11 is 0. The lowest BCUT2D eigenvalue weighted by Gasteiger charge is -2.55. The lowest BCUT2D eigenvalue weighted by molar-refractivity contribution is -0.135. The fourth-order valence-electron chi connectivity index (χ4n) is 5.16. The fourth-order valence-corrected chi connectivity index (χ4v) is 5.16. The van der Waals surface area contributed by atoms with Crippen LogP contribution in [-0.2, 0) is 10.2 Å². The SMILES string of the molecule is COc1ccc2c3c([nH]c2c1)[C@@H](CO)N(C(C)=O)CC31CN(C(=O)Nc2ccc(F)cc2)C1. The lowest BCUT2D eigenvalue weighted by Crippen LogP contribution is -2.68. The van der Waals surface area contributed by atoms with Crippen molar-refractivity contribution in [2.45, 2.75) is 18.4 Å². The third-order valence-electron chi connectivity index (χ3n) is 6.69. The Morgan fingerprint density at radius 1 is 1.21 bits per heavy atom. The summed E-state index contributed by atoms with van der Waals surface area (Å²) in [5.74, 6) is 0.196. The van der Waals surface area contributed by atoms with Crippen LogP contribution in [0, 0.1) is 5.82 Å². The molecular formula is C24H25FN4O4. The third-order valence-corrected chi connectivity index (χ3v) is 6.69. The molecule has 1 saturated heterocycles. The van der Waals surface area contributed by atoms with E-state index in [1.807, 2.05) is 18.2 Å². The number of likely N-dealkylation sites (tertiary alicyclic amines) is 1. The number of rotatable bonds is 3. The van der Waals surface area contributed by atoms with Gasteiger partial charge in [-0.1, -0.05) is 0 Å². The molecule has 3 N–H and O–H groups in total. The molecule has 0 radical (unpaired) electrons. The van der Waals surface area contributed by atoms with Crippen LogP contribution in [-0.4, -0.2) is 65.2 Å². The average molecular weight is 452 g/mol. The van der Waals surface area contributed by atoms with Crippen molar-refractivity contribution in [3.63, 3.8) is 0 Å². The van der Waals surface area contributed by atoms with Crippen molar-refractivity contribution >= 4 is 28.5 Å². The number of methoxy groups -OCH3 is 1. The smallest absolute Gasteiger partial charge is 0.321 e. The highest BCUT2D eigenvalue weighted by molar-refractivity contribution is 5.92. The molecule has 33 heavy (non-hydrogen) atoms. The average Bonchev–Trinajstić information content (AvgIpc) is 3.16. The van der Waals surface area contributed by atoms with Crippen LogP contribution in [0.3, 0.4) is 0 Å². The topological polar surface area (TPSA) is 97.9 Å². The molecule has 0 unspecified atom stereocenters. The molecule has 5 rings (SSSR count). The Balaban J connectivity index is 1.49. The van der Waals surface area contributed by atoms with Crippen LogP contribution in [0.1, 0.15) is 24.2 Å². The van der Waals surface area contributed by atoms with Crippen LogP contribution in [0.15, 0.2) is 42.5 Å². The van der Waals surface area contributed by atoms with Crippen molar-refractivity contribution in [3.05, 3.63) is 59.5 Å². The monoisotopic (exact) mass is 452 g/mol. The second kappa shape index (κ2) is 7.77. The number of benzene rings is 2. The van der Waals surface area contributed by atoms with Gasteiger partial charge in [0.2, 0.25) is 5.91 Å². The number of ether oxygens (including phenoxy) is 1. The molecular weight excluding hydrogens is 427 g/mol. The molecule has 0 aliphatic carbocycles. The number of amides is 3. The lowest BCUT2D eigenvalue weighted by atomic mass is 9.69. The van der Waals surface area contributed by atoms with Crippen LogP contribution in [0.2, 0.25) is 0 Å². The van der Waals surface area contributed by atoms with Gasteiger partial charge in [0.05, 0.1) is 25.2 Å². The number of anilines is 1. The maximum atomic E-state index is 13.2. The third kappa shape index (κ3) is 3.39. The Morgan fingerprint density at radius 2 is 1.94 bits per heavy atom. The highest BCUT2D eigenvalue weighted by Crippen LogP contribution is 2.48. The molecule has 3 amide bonds. The summed E-state index contributed by atoms with van der Waals surface area (Å²) in [6, 6.07) is 10.6. The van der Waals surface area contributed by atoms with Gasteiger partial charge >= 0.3 is 6.03 Å². The largest absolute Gasteiger partial charge is 0.497 e. The molecule has 2 aromatic carbocycles. The summed E-state index contributed by atoms with van der Waals surface area (Å²) < 4.78 is 18.5. The molecule has 8 nitrogen and oxygen atoms in total. The highest BCUT2D eigenvalue weighted by Gasteiger charge is 2.54. The van der Waals surface area contributed by atoms with Gasteiger partial charge in [-0.3, -0.25) is 4.79 Å². The normalized spacial score (nSPS) is 18.7. The fraction of sp³-hybridized carbons (Fsp3) is 0.333. The number of urea groups is 1. The van der Waals surface area contributed by atoms with E-state index in [1.54, 1.807) is 16.9 Å². The summed E-state index contributed by atoms with van der Waals surface area (Å²) in [6.07, 6.45) is 0. The Kier molecular flexibility index (Phi) is 5.01. The Morgan fingerprint density at radius 3 is 2.58 bits per heavy atom. The summed E-state index contributed by atoms with van der Waals surface area (Å²) in [4.78, 5) is 32.0. The molecule has 1 fully saturated rings. The zero-order chi connectivity index (χ0) is 23.3. The number of nitrogens with one attached hydrogen (secondary N) is 2. The number of hydrogen-bond donors (Lipinski definition) is 3. The molecule has 0 saturated carbocycles. The van der Waals surface area contributed by atoms with E-state index in [0.717, 1.165) is 22.2 Å². The Hall–Kier alpha value is -3.59. The van der Waals surface area contributed by atoms with E-state index in [0.29, 0.717) is 31.1 Å². The minimum absolute atomic E-state index is 0.135. The van der Waals surface area contributed by atoms with Gasteiger partial charge in [0.15, 0.2) is 0 Å². The first-order valence-corrected chi connectivity index (χ1v) is 10.7. The molecule has 1 aromatic heterocycles. The van der Waals surface area contributed by atoms with Crippen molar-refractivity contribution < 1.29 is 23.8 Å². The van der Waals surface area contributed by atoms with Gasteiger partial charge in [-0.2, -0.15) is 0 Å². The molecule has 3 aromatic rings. The van der Waals surface area contributed by atoms with Crippen molar-refractivity contribution in [1.29, 1.82) is 0 Å².